The van der Waals surface area contributed by atoms with Crippen molar-refractivity contribution in [2.45, 2.75) is 24.9 Å². The Morgan fingerprint density at radius 1 is 1.45 bits per heavy atom. The molecule has 0 aromatic carbocycles. The molecule has 4 N–H and O–H groups in total. The summed E-state index contributed by atoms with van der Waals surface area (Å²) in [5.74, 6) is 0.340. The molecule has 0 radical (unpaired) electrons. The van der Waals surface area contributed by atoms with Crippen LogP contribution >= 0.6 is 31.9 Å². The van der Waals surface area contributed by atoms with Gasteiger partial charge in [-0.2, -0.15) is 0 Å². The van der Waals surface area contributed by atoms with Crippen LogP contribution in [0.1, 0.15) is 12.6 Å². The van der Waals surface area contributed by atoms with Crippen LogP contribution in [-0.2, 0) is 4.74 Å². The van der Waals surface area contributed by atoms with Gasteiger partial charge in [0.15, 0.2) is 6.23 Å². The third-order valence-electron chi connectivity index (χ3n) is 3.32. The average Bonchev–Trinajstić information content (AvgIpc) is 2.90. The van der Waals surface area contributed by atoms with Crippen LogP contribution in [0.2, 0.25) is 0 Å². The lowest BCUT2D eigenvalue weighted by Gasteiger charge is -2.18. The van der Waals surface area contributed by atoms with Gasteiger partial charge in [-0.05, 0) is 31.9 Å². The molecule has 2 aromatic rings. The predicted octanol–water partition coefficient (Wildman–Crippen LogP) is 1.18. The van der Waals surface area contributed by atoms with Crippen molar-refractivity contribution in [2.75, 3.05) is 12.3 Å². The van der Waals surface area contributed by atoms with E-state index in [1.165, 1.54) is 6.33 Å². The molecule has 1 saturated heterocycles. The van der Waals surface area contributed by atoms with Crippen molar-refractivity contribution < 1.29 is 14.9 Å². The van der Waals surface area contributed by atoms with Gasteiger partial charge in [0.05, 0.1) is 22.6 Å². The van der Waals surface area contributed by atoms with E-state index in [1.54, 1.807) is 4.57 Å². The third-order valence-corrected chi connectivity index (χ3v) is 5.40. The monoisotopic (exact) mass is 406 g/mol. The molecule has 1 aliphatic heterocycles. The van der Waals surface area contributed by atoms with Crippen LogP contribution in [0, 0.1) is 0 Å². The molecular weight excluding hydrogens is 396 g/mol. The molecule has 3 heterocycles. The fraction of sp³-hybridized carbons (Fsp3) is 0.455. The summed E-state index contributed by atoms with van der Waals surface area (Å²) in [6.07, 6.45) is -0.0346. The van der Waals surface area contributed by atoms with Crippen LogP contribution in [0.15, 0.2) is 15.4 Å². The molecule has 108 valence electrons. The Hall–Kier alpha value is -0.740. The highest BCUT2D eigenvalue weighted by Crippen LogP contribution is 2.41. The van der Waals surface area contributed by atoms with Gasteiger partial charge in [0.2, 0.25) is 0 Å². The molecule has 3 rings (SSSR count). The van der Waals surface area contributed by atoms with E-state index in [1.807, 2.05) is 0 Å². The SMILES string of the molecule is Nc1ncnc2c1c(Br)c(Br)n2[C@@H]1O[C@H](CO)C[C@H]1O. The molecule has 0 bridgehead atoms. The molecule has 2 aromatic heterocycles. The molecule has 1 fully saturated rings. The zero-order chi connectivity index (χ0) is 14.4. The van der Waals surface area contributed by atoms with Crippen molar-refractivity contribution in [1.29, 1.82) is 0 Å². The smallest absolute Gasteiger partial charge is 0.162 e. The summed E-state index contributed by atoms with van der Waals surface area (Å²) < 4.78 is 8.73. The van der Waals surface area contributed by atoms with Gasteiger partial charge >= 0.3 is 0 Å². The van der Waals surface area contributed by atoms with Crippen molar-refractivity contribution in [3.05, 3.63) is 15.4 Å². The number of aliphatic hydroxyl groups is 2. The summed E-state index contributed by atoms with van der Waals surface area (Å²) in [7, 11) is 0. The van der Waals surface area contributed by atoms with E-state index in [-0.39, 0.29) is 6.61 Å². The summed E-state index contributed by atoms with van der Waals surface area (Å²) in [5.41, 5.74) is 6.42. The summed E-state index contributed by atoms with van der Waals surface area (Å²) in [6, 6.07) is 0. The van der Waals surface area contributed by atoms with Crippen LogP contribution in [0.3, 0.4) is 0 Å². The van der Waals surface area contributed by atoms with E-state index in [2.05, 4.69) is 41.8 Å². The fourth-order valence-corrected chi connectivity index (χ4v) is 3.54. The van der Waals surface area contributed by atoms with Crippen LogP contribution < -0.4 is 5.73 Å². The van der Waals surface area contributed by atoms with Gasteiger partial charge in [-0.1, -0.05) is 0 Å². The number of nitrogens with two attached hydrogens (primary N) is 1. The maximum Gasteiger partial charge on any atom is 0.162 e. The standard InChI is InChI=1S/C11H12Br2N4O3/c12-7-6-9(14)15-3-16-10(6)17(8(7)13)11-5(19)1-4(2-18)20-11/h3-5,11,18-19H,1-2H2,(H2,14,15,16)/t4-,5+,11+/m0/s1. The number of nitrogens with zero attached hydrogens (tertiary/aromatic N) is 3. The Kier molecular flexibility index (Phi) is 3.71. The molecule has 0 aliphatic carbocycles. The summed E-state index contributed by atoms with van der Waals surface area (Å²) in [4.78, 5) is 8.17. The molecule has 7 nitrogen and oxygen atoms in total. The molecule has 9 heteroatoms. The second-order valence-electron chi connectivity index (χ2n) is 4.57. The normalized spacial score (nSPS) is 26.5. The first-order chi connectivity index (χ1) is 9.54. The van der Waals surface area contributed by atoms with Gasteiger partial charge in [-0.25, -0.2) is 9.97 Å². The number of aromatic nitrogens is 3. The number of fused-ring (bicyclic) bond motifs is 1. The van der Waals surface area contributed by atoms with E-state index in [4.69, 9.17) is 15.6 Å². The predicted molar refractivity (Wildman–Crippen MR) is 79.0 cm³/mol. The Morgan fingerprint density at radius 3 is 2.85 bits per heavy atom. The first-order valence-electron chi connectivity index (χ1n) is 5.94. The Morgan fingerprint density at radius 2 is 2.20 bits per heavy atom. The van der Waals surface area contributed by atoms with Gasteiger partial charge in [0.1, 0.15) is 28.5 Å². The first kappa shape index (κ1) is 14.2. The van der Waals surface area contributed by atoms with E-state index in [0.29, 0.717) is 32.3 Å². The number of aliphatic hydroxyl groups excluding tert-OH is 2. The number of nitrogen functional groups attached to an aromatic ring is 1. The number of halogens is 2. The maximum absolute atomic E-state index is 10.1. The van der Waals surface area contributed by atoms with E-state index < -0.39 is 18.4 Å². The van der Waals surface area contributed by atoms with Crippen LogP contribution in [0.4, 0.5) is 5.82 Å². The van der Waals surface area contributed by atoms with Gasteiger partial charge in [0.25, 0.3) is 0 Å². The van der Waals surface area contributed by atoms with Gasteiger partial charge < -0.3 is 20.7 Å². The highest BCUT2D eigenvalue weighted by molar-refractivity contribution is 9.13. The number of hydrogen-bond acceptors (Lipinski definition) is 6. The molecule has 20 heavy (non-hydrogen) atoms. The lowest BCUT2D eigenvalue weighted by molar-refractivity contribution is -0.0495. The van der Waals surface area contributed by atoms with E-state index in [0.717, 1.165) is 0 Å². The van der Waals surface area contributed by atoms with E-state index >= 15 is 0 Å². The number of anilines is 1. The highest BCUT2D eigenvalue weighted by atomic mass is 79.9. The van der Waals surface area contributed by atoms with Crippen LogP contribution in [0.5, 0.6) is 0 Å². The number of ether oxygens (including phenoxy) is 1. The van der Waals surface area contributed by atoms with Gasteiger partial charge in [-0.15, -0.1) is 0 Å². The minimum atomic E-state index is -0.734. The zero-order valence-corrected chi connectivity index (χ0v) is 13.4. The second-order valence-corrected chi connectivity index (χ2v) is 6.11. The second kappa shape index (κ2) is 5.23. The quantitative estimate of drug-likeness (QED) is 0.690. The third kappa shape index (κ3) is 2.04. The summed E-state index contributed by atoms with van der Waals surface area (Å²) in [6.45, 7) is -0.136. The Bertz CT molecular complexity index is 663. The highest BCUT2D eigenvalue weighted by Gasteiger charge is 2.37. The summed E-state index contributed by atoms with van der Waals surface area (Å²) in [5, 5.41) is 20.0. The maximum atomic E-state index is 10.1. The lowest BCUT2D eigenvalue weighted by atomic mass is 10.2. The molecular formula is C11H12Br2N4O3. The van der Waals surface area contributed by atoms with Crippen molar-refractivity contribution in [2.24, 2.45) is 0 Å². The number of hydrogen-bond donors (Lipinski definition) is 3. The molecule has 0 amide bonds. The molecule has 1 aliphatic rings. The van der Waals surface area contributed by atoms with Crippen LogP contribution in [-0.4, -0.2) is 43.6 Å². The molecule has 3 atom stereocenters. The van der Waals surface area contributed by atoms with Crippen molar-refractivity contribution >= 4 is 48.7 Å². The van der Waals surface area contributed by atoms with E-state index in [9.17, 15) is 5.11 Å². The minimum absolute atomic E-state index is 0.136. The Labute approximate surface area is 131 Å². The van der Waals surface area contributed by atoms with Crippen molar-refractivity contribution in [1.82, 2.24) is 14.5 Å². The fourth-order valence-electron chi connectivity index (χ4n) is 2.40. The first-order valence-corrected chi connectivity index (χ1v) is 7.53. The van der Waals surface area contributed by atoms with Gasteiger partial charge in [0, 0.05) is 6.42 Å². The van der Waals surface area contributed by atoms with Crippen molar-refractivity contribution in [3.8, 4) is 0 Å². The summed E-state index contributed by atoms with van der Waals surface area (Å²) >= 11 is 6.88. The lowest BCUT2D eigenvalue weighted by Crippen LogP contribution is -2.20. The van der Waals surface area contributed by atoms with Gasteiger partial charge in [-0.3, -0.25) is 4.57 Å². The van der Waals surface area contributed by atoms with Crippen LogP contribution in [0.25, 0.3) is 11.0 Å². The molecule has 0 unspecified atom stereocenters. The Balaban J connectivity index is 2.17. The molecule has 0 spiro atoms. The number of rotatable bonds is 2. The van der Waals surface area contributed by atoms with Crippen molar-refractivity contribution in [3.63, 3.8) is 0 Å². The average molecular weight is 408 g/mol. The zero-order valence-electron chi connectivity index (χ0n) is 10.2. The largest absolute Gasteiger partial charge is 0.394 e. The molecule has 0 saturated carbocycles. The topological polar surface area (TPSA) is 106 Å². The minimum Gasteiger partial charge on any atom is -0.394 e.